The molecule has 2 aromatic heterocycles. The van der Waals surface area contributed by atoms with Crippen LogP contribution < -0.4 is 11.2 Å². The van der Waals surface area contributed by atoms with Gasteiger partial charge in [0.15, 0.2) is 5.82 Å². The Kier molecular flexibility index (Phi) is 5.34. The van der Waals surface area contributed by atoms with Gasteiger partial charge >= 0.3 is 5.69 Å². The van der Waals surface area contributed by atoms with E-state index in [0.29, 0.717) is 28.7 Å². The smallest absolute Gasteiger partial charge is 0.350 e. The first-order valence-electron chi connectivity index (χ1n) is 10.4. The number of benzene rings is 2. The van der Waals surface area contributed by atoms with Gasteiger partial charge in [0.25, 0.3) is 5.56 Å². The SMILES string of the molecule is CCn1c(CO)nn(-c2ccc3c(=O)n(-c4cccc(F)c4)cc(C(C)(C)C)c3c2)c1=O. The minimum Gasteiger partial charge on any atom is -0.388 e. The third kappa shape index (κ3) is 3.56. The van der Waals surface area contributed by atoms with Crippen LogP contribution in [0.4, 0.5) is 4.39 Å². The zero-order valence-corrected chi connectivity index (χ0v) is 18.5. The number of fused-ring (bicyclic) bond motifs is 1. The van der Waals surface area contributed by atoms with Gasteiger partial charge < -0.3 is 5.11 Å². The van der Waals surface area contributed by atoms with Gasteiger partial charge in [-0.25, -0.2) is 9.18 Å². The van der Waals surface area contributed by atoms with Crippen molar-refractivity contribution in [1.82, 2.24) is 18.9 Å². The van der Waals surface area contributed by atoms with Crippen LogP contribution in [0, 0.1) is 5.82 Å². The predicted molar refractivity (Wildman–Crippen MR) is 121 cm³/mol. The zero-order chi connectivity index (χ0) is 23.2. The average molecular weight is 436 g/mol. The zero-order valence-electron chi connectivity index (χ0n) is 18.5. The van der Waals surface area contributed by atoms with Crippen molar-refractivity contribution in [2.45, 2.75) is 46.3 Å². The Balaban J connectivity index is 2.02. The van der Waals surface area contributed by atoms with E-state index in [4.69, 9.17) is 0 Å². The number of halogens is 1. The molecule has 2 aromatic carbocycles. The second kappa shape index (κ2) is 7.87. The molecule has 0 aliphatic rings. The average Bonchev–Trinajstić information content (AvgIpc) is 3.08. The maximum Gasteiger partial charge on any atom is 0.350 e. The molecule has 0 aliphatic carbocycles. The highest BCUT2D eigenvalue weighted by Gasteiger charge is 2.22. The van der Waals surface area contributed by atoms with E-state index < -0.39 is 5.82 Å². The Hall–Kier alpha value is -3.52. The van der Waals surface area contributed by atoms with Gasteiger partial charge in [-0.2, -0.15) is 4.68 Å². The molecule has 166 valence electrons. The van der Waals surface area contributed by atoms with Crippen LogP contribution in [0.5, 0.6) is 0 Å². The van der Waals surface area contributed by atoms with E-state index >= 15 is 0 Å². The summed E-state index contributed by atoms with van der Waals surface area (Å²) >= 11 is 0. The molecule has 0 fully saturated rings. The van der Waals surface area contributed by atoms with Crippen LogP contribution in [0.1, 0.15) is 39.1 Å². The lowest BCUT2D eigenvalue weighted by Crippen LogP contribution is -2.25. The molecule has 8 heteroatoms. The summed E-state index contributed by atoms with van der Waals surface area (Å²) in [6.45, 7) is 7.91. The van der Waals surface area contributed by atoms with Crippen molar-refractivity contribution in [3.8, 4) is 11.4 Å². The van der Waals surface area contributed by atoms with Gasteiger partial charge in [-0.3, -0.25) is 13.9 Å². The van der Waals surface area contributed by atoms with Crippen LogP contribution in [-0.2, 0) is 18.6 Å². The molecule has 0 unspecified atom stereocenters. The largest absolute Gasteiger partial charge is 0.388 e. The standard InChI is InChI=1S/C24H25FN4O3/c1-5-27-21(14-30)26-29(23(27)32)17-9-10-18-19(12-17)20(24(2,3)4)13-28(22(18)31)16-8-6-7-15(25)11-16/h6-13,30H,5,14H2,1-4H3. The van der Waals surface area contributed by atoms with Crippen molar-refractivity contribution in [3.63, 3.8) is 0 Å². The second-order valence-electron chi connectivity index (χ2n) is 8.69. The summed E-state index contributed by atoms with van der Waals surface area (Å²) in [7, 11) is 0. The second-order valence-corrected chi connectivity index (χ2v) is 8.69. The molecular weight excluding hydrogens is 411 g/mol. The summed E-state index contributed by atoms with van der Waals surface area (Å²) in [6.07, 6.45) is 1.73. The van der Waals surface area contributed by atoms with Crippen molar-refractivity contribution < 1.29 is 9.50 Å². The fraction of sp³-hybridized carbons (Fsp3) is 0.292. The van der Waals surface area contributed by atoms with Gasteiger partial charge in [0.1, 0.15) is 12.4 Å². The number of rotatable bonds is 4. The molecule has 0 amide bonds. The molecule has 0 saturated heterocycles. The Morgan fingerprint density at radius 2 is 1.78 bits per heavy atom. The predicted octanol–water partition coefficient (Wildman–Crippen LogP) is 3.29. The van der Waals surface area contributed by atoms with Crippen molar-refractivity contribution in [3.05, 3.63) is 86.7 Å². The van der Waals surface area contributed by atoms with Gasteiger partial charge in [-0.1, -0.05) is 26.8 Å². The lowest BCUT2D eigenvalue weighted by atomic mass is 9.85. The summed E-state index contributed by atoms with van der Waals surface area (Å²) in [5.41, 5.74) is 0.816. The molecule has 0 saturated carbocycles. The van der Waals surface area contributed by atoms with E-state index in [-0.39, 0.29) is 29.1 Å². The molecular formula is C24H25FN4O3. The summed E-state index contributed by atoms with van der Waals surface area (Å²) in [5.74, 6) is -0.150. The van der Waals surface area contributed by atoms with Gasteiger partial charge in [0, 0.05) is 18.1 Å². The Bertz CT molecular complexity index is 1440. The number of nitrogens with zero attached hydrogens (tertiary/aromatic N) is 4. The van der Waals surface area contributed by atoms with Gasteiger partial charge in [-0.15, -0.1) is 5.10 Å². The van der Waals surface area contributed by atoms with Crippen molar-refractivity contribution in [2.24, 2.45) is 0 Å². The molecule has 0 atom stereocenters. The third-order valence-electron chi connectivity index (χ3n) is 5.54. The van der Waals surface area contributed by atoms with Gasteiger partial charge in [-0.05, 0) is 59.7 Å². The van der Waals surface area contributed by atoms with Gasteiger partial charge in [0.2, 0.25) is 0 Å². The molecule has 32 heavy (non-hydrogen) atoms. The molecule has 2 heterocycles. The maximum absolute atomic E-state index is 13.8. The summed E-state index contributed by atoms with van der Waals surface area (Å²) < 4.78 is 17.9. The monoisotopic (exact) mass is 436 g/mol. The molecule has 4 aromatic rings. The van der Waals surface area contributed by atoms with E-state index in [1.807, 2.05) is 20.8 Å². The number of aliphatic hydroxyl groups excluding tert-OH is 1. The summed E-state index contributed by atoms with van der Waals surface area (Å²) in [4.78, 5) is 26.1. The number of aromatic nitrogens is 4. The van der Waals surface area contributed by atoms with Gasteiger partial charge in [0.05, 0.1) is 11.4 Å². The molecule has 4 rings (SSSR count). The highest BCUT2D eigenvalue weighted by Crippen LogP contribution is 2.30. The molecule has 0 aliphatic heterocycles. The van der Waals surface area contributed by atoms with E-state index in [2.05, 4.69) is 5.10 Å². The third-order valence-corrected chi connectivity index (χ3v) is 5.54. The topological polar surface area (TPSA) is 82.0 Å². The minimum atomic E-state index is -0.423. The van der Waals surface area contributed by atoms with E-state index in [1.165, 1.54) is 25.9 Å². The lowest BCUT2D eigenvalue weighted by molar-refractivity contribution is 0.264. The molecule has 0 bridgehead atoms. The lowest BCUT2D eigenvalue weighted by Gasteiger charge is -2.23. The Morgan fingerprint density at radius 1 is 1.03 bits per heavy atom. The van der Waals surface area contributed by atoms with Crippen molar-refractivity contribution in [2.75, 3.05) is 0 Å². The van der Waals surface area contributed by atoms with Crippen LogP contribution in [0.2, 0.25) is 0 Å². The van der Waals surface area contributed by atoms with Crippen LogP contribution in [-0.4, -0.2) is 24.0 Å². The summed E-state index contributed by atoms with van der Waals surface area (Å²) in [5, 5.41) is 14.9. The quantitative estimate of drug-likeness (QED) is 0.532. The van der Waals surface area contributed by atoms with Crippen LogP contribution in [0.15, 0.2) is 58.3 Å². The first-order valence-corrected chi connectivity index (χ1v) is 10.4. The number of hydrogen-bond donors (Lipinski definition) is 1. The molecule has 0 spiro atoms. The van der Waals surface area contributed by atoms with Crippen molar-refractivity contribution in [1.29, 1.82) is 0 Å². The Labute approximate surface area is 184 Å². The fourth-order valence-corrected chi connectivity index (χ4v) is 3.92. The minimum absolute atomic E-state index is 0.273. The first-order chi connectivity index (χ1) is 15.2. The summed E-state index contributed by atoms with van der Waals surface area (Å²) in [6, 6.07) is 11.0. The van der Waals surface area contributed by atoms with E-state index in [1.54, 1.807) is 43.5 Å². The molecule has 1 N–H and O–H groups in total. The normalized spacial score (nSPS) is 11.9. The number of aliphatic hydroxyl groups is 1. The first kappa shape index (κ1) is 21.7. The molecule has 7 nitrogen and oxygen atoms in total. The van der Waals surface area contributed by atoms with Crippen LogP contribution >= 0.6 is 0 Å². The van der Waals surface area contributed by atoms with Crippen molar-refractivity contribution >= 4 is 10.8 Å². The highest BCUT2D eigenvalue weighted by molar-refractivity contribution is 5.87. The maximum atomic E-state index is 13.8. The highest BCUT2D eigenvalue weighted by atomic mass is 19.1. The van der Waals surface area contributed by atoms with Crippen LogP contribution in [0.3, 0.4) is 0 Å². The van der Waals surface area contributed by atoms with E-state index in [0.717, 1.165) is 5.56 Å². The number of pyridine rings is 1. The number of hydrogen-bond acceptors (Lipinski definition) is 4. The fourth-order valence-electron chi connectivity index (χ4n) is 3.92. The van der Waals surface area contributed by atoms with Crippen LogP contribution in [0.25, 0.3) is 22.1 Å². The van der Waals surface area contributed by atoms with E-state index in [9.17, 15) is 19.1 Å². The Morgan fingerprint density at radius 3 is 2.38 bits per heavy atom. The molecule has 0 radical (unpaired) electrons.